The molecule has 3 aromatic carbocycles. The molecule has 1 saturated heterocycles. The highest BCUT2D eigenvalue weighted by Gasteiger charge is 2.42. The van der Waals surface area contributed by atoms with Gasteiger partial charge in [0.2, 0.25) is 0 Å². The van der Waals surface area contributed by atoms with Crippen LogP contribution >= 0.6 is 23.2 Å². The second-order valence-corrected chi connectivity index (χ2v) is 10.4. The van der Waals surface area contributed by atoms with Crippen LogP contribution in [0.25, 0.3) is 0 Å². The van der Waals surface area contributed by atoms with E-state index >= 15 is 0 Å². The van der Waals surface area contributed by atoms with Crippen molar-refractivity contribution in [1.82, 2.24) is 15.1 Å². The van der Waals surface area contributed by atoms with Crippen LogP contribution in [0.15, 0.2) is 60.7 Å². The number of carbonyl (C=O) groups excluding carboxylic acids is 3. The predicted octanol–water partition coefficient (Wildman–Crippen LogP) is 5.23. The van der Waals surface area contributed by atoms with Gasteiger partial charge in [-0.1, -0.05) is 53.0 Å². The number of aliphatic carboxylic acids is 1. The molecule has 0 spiro atoms. The first-order valence-electron chi connectivity index (χ1n) is 12.6. The average Bonchev–Trinajstić information content (AvgIpc) is 2.90. The molecule has 1 heterocycles. The van der Waals surface area contributed by atoms with E-state index in [9.17, 15) is 33.1 Å². The Kier molecular flexibility index (Phi) is 9.25. The summed E-state index contributed by atoms with van der Waals surface area (Å²) in [6.07, 6.45) is -1.84. The molecular weight excluding hydrogens is 579 g/mol. The van der Waals surface area contributed by atoms with Crippen molar-refractivity contribution in [2.24, 2.45) is 0 Å². The number of hydrogen-bond acceptors (Lipinski definition) is 4. The highest BCUT2D eigenvalue weighted by atomic mass is 35.5. The first-order chi connectivity index (χ1) is 19.4. The van der Waals surface area contributed by atoms with Crippen LogP contribution in [0.2, 0.25) is 10.0 Å². The number of nitrogens with one attached hydrogen (secondary N) is 1. The molecule has 12 heteroatoms. The van der Waals surface area contributed by atoms with E-state index < -0.39 is 54.0 Å². The molecule has 0 radical (unpaired) electrons. The van der Waals surface area contributed by atoms with Crippen molar-refractivity contribution in [3.8, 4) is 0 Å². The number of rotatable bonds is 7. The van der Waals surface area contributed by atoms with Gasteiger partial charge in [-0.3, -0.25) is 19.2 Å². The number of carboxylic acid groups (broad SMARTS) is 1. The first-order valence-corrected chi connectivity index (χ1v) is 13.3. The van der Waals surface area contributed by atoms with Crippen LogP contribution in [0.3, 0.4) is 0 Å². The topological polar surface area (TPSA) is 107 Å². The maximum Gasteiger partial charge on any atom is 0.305 e. The van der Waals surface area contributed by atoms with Gasteiger partial charge in [0.1, 0.15) is 11.6 Å². The van der Waals surface area contributed by atoms with E-state index in [2.05, 4.69) is 5.32 Å². The van der Waals surface area contributed by atoms with Crippen molar-refractivity contribution in [2.45, 2.75) is 32.0 Å². The number of hydrogen-bond donors (Lipinski definition) is 2. The fourth-order valence-electron chi connectivity index (χ4n) is 4.75. The Balaban J connectivity index is 1.76. The van der Waals surface area contributed by atoms with Crippen LogP contribution in [0.5, 0.6) is 0 Å². The smallest absolute Gasteiger partial charge is 0.305 e. The van der Waals surface area contributed by atoms with Gasteiger partial charge in [0.05, 0.1) is 23.0 Å². The minimum atomic E-state index is -1.59. The van der Waals surface area contributed by atoms with Crippen LogP contribution in [0.1, 0.15) is 50.7 Å². The third-order valence-corrected chi connectivity index (χ3v) is 7.10. The van der Waals surface area contributed by atoms with Crippen molar-refractivity contribution in [1.29, 1.82) is 0 Å². The number of nitrogens with zero attached hydrogens (tertiary/aromatic N) is 2. The molecule has 8 nitrogen and oxygen atoms in total. The van der Waals surface area contributed by atoms with Crippen LogP contribution in [0, 0.1) is 18.6 Å². The van der Waals surface area contributed by atoms with Gasteiger partial charge in [-0.25, -0.2) is 8.78 Å². The van der Waals surface area contributed by atoms with E-state index in [1.54, 1.807) is 31.2 Å². The van der Waals surface area contributed by atoms with E-state index in [0.717, 1.165) is 27.5 Å². The summed E-state index contributed by atoms with van der Waals surface area (Å²) in [5.41, 5.74) is 0.977. The Labute approximate surface area is 244 Å². The lowest BCUT2D eigenvalue weighted by Gasteiger charge is -2.43. The summed E-state index contributed by atoms with van der Waals surface area (Å²) in [6, 6.07) is 12.3. The highest BCUT2D eigenvalue weighted by molar-refractivity contribution is 6.36. The minimum Gasteiger partial charge on any atom is -0.481 e. The van der Waals surface area contributed by atoms with Gasteiger partial charge in [-0.2, -0.15) is 0 Å². The van der Waals surface area contributed by atoms with Gasteiger partial charge >= 0.3 is 5.97 Å². The lowest BCUT2D eigenvalue weighted by molar-refractivity contribution is -0.138. The molecule has 3 amide bonds. The van der Waals surface area contributed by atoms with Crippen molar-refractivity contribution < 1.29 is 33.1 Å². The average molecular weight is 604 g/mol. The third kappa shape index (κ3) is 7.01. The van der Waals surface area contributed by atoms with Crippen molar-refractivity contribution in [3.05, 3.63) is 105 Å². The fraction of sp³-hybridized carbons (Fsp3) is 0.241. The molecular formula is C29H25Cl2F2N3O5. The van der Waals surface area contributed by atoms with Crippen molar-refractivity contribution in [2.75, 3.05) is 13.1 Å². The lowest BCUT2D eigenvalue weighted by Crippen LogP contribution is -2.63. The van der Waals surface area contributed by atoms with Crippen molar-refractivity contribution in [3.63, 3.8) is 0 Å². The molecule has 1 aliphatic rings. The molecule has 2 N–H and O–H groups in total. The monoisotopic (exact) mass is 603 g/mol. The number of carbonyl (C=O) groups is 4. The molecule has 2 unspecified atom stereocenters. The van der Waals surface area contributed by atoms with Crippen LogP contribution in [-0.4, -0.2) is 57.9 Å². The molecule has 41 heavy (non-hydrogen) atoms. The summed E-state index contributed by atoms with van der Waals surface area (Å²) in [7, 11) is 0. The van der Waals surface area contributed by atoms with Crippen molar-refractivity contribution >= 4 is 46.9 Å². The minimum absolute atomic E-state index is 0.0146. The summed E-state index contributed by atoms with van der Waals surface area (Å²) >= 11 is 12.3. The lowest BCUT2D eigenvalue weighted by atomic mass is 10.0. The van der Waals surface area contributed by atoms with Gasteiger partial charge < -0.3 is 20.2 Å². The summed E-state index contributed by atoms with van der Waals surface area (Å²) in [5.74, 6) is -5.62. The van der Waals surface area contributed by atoms with Crippen LogP contribution in [-0.2, 0) is 9.59 Å². The van der Waals surface area contributed by atoms with Gasteiger partial charge in [0.15, 0.2) is 6.17 Å². The van der Waals surface area contributed by atoms with E-state index in [1.807, 2.05) is 0 Å². The number of halogens is 4. The zero-order chi connectivity index (χ0) is 29.8. The maximum absolute atomic E-state index is 14.0. The Morgan fingerprint density at radius 3 is 2.22 bits per heavy atom. The second-order valence-electron chi connectivity index (χ2n) is 9.58. The molecule has 3 aromatic rings. The molecule has 1 aliphatic heterocycles. The maximum atomic E-state index is 14.0. The Bertz CT molecular complexity index is 1500. The van der Waals surface area contributed by atoms with Gasteiger partial charge in [0, 0.05) is 29.7 Å². The molecule has 2 atom stereocenters. The third-order valence-electron chi connectivity index (χ3n) is 6.56. The Morgan fingerprint density at radius 2 is 1.61 bits per heavy atom. The fourth-order valence-corrected chi connectivity index (χ4v) is 5.24. The summed E-state index contributed by atoms with van der Waals surface area (Å²) in [5, 5.41) is 12.5. The largest absolute Gasteiger partial charge is 0.481 e. The zero-order valence-corrected chi connectivity index (χ0v) is 23.3. The van der Waals surface area contributed by atoms with Crippen LogP contribution in [0.4, 0.5) is 8.78 Å². The van der Waals surface area contributed by atoms with Gasteiger partial charge in [0.25, 0.3) is 17.7 Å². The van der Waals surface area contributed by atoms with E-state index in [-0.39, 0.29) is 40.7 Å². The standard InChI is InChI=1S/C29H25Cl2F2N3O5/c1-16-4-2-5-17(10-16)24(15-25(37)38)34-26(39)27-35(28(40)18-11-20(32)14-21(33)12-18)8-3-9-36(27)29(41)22-7-6-19(30)13-23(22)31/h2,4-7,10-14,24,27H,3,8-9,15H2,1H3,(H,34,39)(H,37,38). The van der Waals surface area contributed by atoms with Gasteiger partial charge in [-0.05, 0) is 49.2 Å². The van der Waals surface area contributed by atoms with E-state index in [4.69, 9.17) is 23.2 Å². The second kappa shape index (κ2) is 12.7. The predicted molar refractivity (Wildman–Crippen MR) is 148 cm³/mol. The highest BCUT2D eigenvalue weighted by Crippen LogP contribution is 2.27. The number of benzene rings is 3. The molecule has 4 rings (SSSR count). The molecule has 0 aliphatic carbocycles. The molecule has 1 fully saturated rings. The number of amides is 3. The van der Waals surface area contributed by atoms with E-state index in [1.165, 1.54) is 18.2 Å². The number of aryl methyl sites for hydroxylation is 1. The normalized spacial score (nSPS) is 15.8. The number of carboxylic acids is 1. The molecule has 0 bridgehead atoms. The summed E-state index contributed by atoms with van der Waals surface area (Å²) in [6.45, 7) is 1.81. The zero-order valence-electron chi connectivity index (χ0n) is 21.7. The SMILES string of the molecule is Cc1cccc(C(CC(=O)O)NC(=O)C2N(C(=O)c3cc(F)cc(F)c3)CCCN2C(=O)c2ccc(Cl)cc2Cl)c1. The molecule has 0 saturated carbocycles. The molecule has 214 valence electrons. The quantitative estimate of drug-likeness (QED) is 0.385. The Hall–Kier alpha value is -4.02. The first kappa shape index (κ1) is 30.0. The Morgan fingerprint density at radius 1 is 0.951 bits per heavy atom. The summed E-state index contributed by atoms with van der Waals surface area (Å²) < 4.78 is 28.0. The summed E-state index contributed by atoms with van der Waals surface area (Å²) in [4.78, 5) is 55.0. The molecule has 0 aromatic heterocycles. The van der Waals surface area contributed by atoms with E-state index in [0.29, 0.717) is 11.6 Å². The van der Waals surface area contributed by atoms with Crippen LogP contribution < -0.4 is 5.32 Å². The van der Waals surface area contributed by atoms with Gasteiger partial charge in [-0.15, -0.1) is 0 Å².